The number of hydrogen-bond acceptors (Lipinski definition) is 2. The van der Waals surface area contributed by atoms with E-state index in [1.54, 1.807) is 0 Å². The van der Waals surface area contributed by atoms with Gasteiger partial charge in [0.25, 0.3) is 0 Å². The van der Waals surface area contributed by atoms with Crippen LogP contribution in [-0.2, 0) is 0 Å². The number of rotatable bonds is 2. The van der Waals surface area contributed by atoms with Crippen molar-refractivity contribution in [2.24, 2.45) is 11.0 Å². The van der Waals surface area contributed by atoms with E-state index in [2.05, 4.69) is 17.5 Å². The average molecular weight is 237 g/mol. The third-order valence-electron chi connectivity index (χ3n) is 2.95. The van der Waals surface area contributed by atoms with Gasteiger partial charge in [0.2, 0.25) is 0 Å². The fraction of sp³-hybridized carbons (Fsp3) is 0.462. The zero-order valence-electron chi connectivity index (χ0n) is 9.54. The standard InChI is InChI=1S/C13H17ClN2/c1-10-5-4-6-11(9-10)15-16-13-8-3-2-7-12(13)14/h2-3,7-8,10,16H,4-6,9H2,1H3/b15-11-/t10-/m0/s1. The van der Waals surface area contributed by atoms with Crippen molar-refractivity contribution in [2.45, 2.75) is 32.6 Å². The Kier molecular flexibility index (Phi) is 3.83. The average Bonchev–Trinajstić information content (AvgIpc) is 2.28. The highest BCUT2D eigenvalue weighted by atomic mass is 35.5. The molecule has 16 heavy (non-hydrogen) atoms. The quantitative estimate of drug-likeness (QED) is 0.760. The molecule has 1 saturated carbocycles. The topological polar surface area (TPSA) is 24.4 Å². The summed E-state index contributed by atoms with van der Waals surface area (Å²) in [7, 11) is 0. The number of para-hydroxylation sites is 1. The summed E-state index contributed by atoms with van der Waals surface area (Å²) in [6.07, 6.45) is 4.80. The molecule has 1 fully saturated rings. The van der Waals surface area contributed by atoms with Crippen LogP contribution in [-0.4, -0.2) is 5.71 Å². The second-order valence-corrected chi connectivity index (χ2v) is 4.88. The number of halogens is 1. The van der Waals surface area contributed by atoms with E-state index < -0.39 is 0 Å². The van der Waals surface area contributed by atoms with Crippen molar-refractivity contribution < 1.29 is 0 Å². The van der Waals surface area contributed by atoms with Gasteiger partial charge in [-0.25, -0.2) is 0 Å². The predicted molar refractivity (Wildman–Crippen MR) is 70.1 cm³/mol. The number of nitrogens with one attached hydrogen (secondary N) is 1. The molecule has 1 aromatic rings. The molecule has 1 aliphatic carbocycles. The third kappa shape index (κ3) is 2.99. The Morgan fingerprint density at radius 2 is 2.19 bits per heavy atom. The van der Waals surface area contributed by atoms with Crippen LogP contribution in [0.25, 0.3) is 0 Å². The highest BCUT2D eigenvalue weighted by Gasteiger charge is 2.13. The van der Waals surface area contributed by atoms with Gasteiger partial charge >= 0.3 is 0 Å². The van der Waals surface area contributed by atoms with E-state index in [-0.39, 0.29) is 0 Å². The number of hydrogen-bond donors (Lipinski definition) is 1. The molecule has 3 heteroatoms. The van der Waals surface area contributed by atoms with Gasteiger partial charge in [-0.05, 0) is 43.7 Å². The first-order chi connectivity index (χ1) is 7.75. The lowest BCUT2D eigenvalue weighted by Crippen LogP contribution is -2.14. The summed E-state index contributed by atoms with van der Waals surface area (Å²) < 4.78 is 0. The van der Waals surface area contributed by atoms with Crippen molar-refractivity contribution in [2.75, 3.05) is 5.43 Å². The summed E-state index contributed by atoms with van der Waals surface area (Å²) in [4.78, 5) is 0. The van der Waals surface area contributed by atoms with Gasteiger partial charge in [0.15, 0.2) is 0 Å². The monoisotopic (exact) mass is 236 g/mol. The van der Waals surface area contributed by atoms with E-state index in [4.69, 9.17) is 11.6 Å². The van der Waals surface area contributed by atoms with Gasteiger partial charge in [0.1, 0.15) is 0 Å². The van der Waals surface area contributed by atoms with Crippen molar-refractivity contribution in [1.29, 1.82) is 0 Å². The fourth-order valence-corrected chi connectivity index (χ4v) is 2.23. The van der Waals surface area contributed by atoms with E-state index in [1.165, 1.54) is 18.6 Å². The van der Waals surface area contributed by atoms with Crippen LogP contribution in [0, 0.1) is 5.92 Å². The van der Waals surface area contributed by atoms with Crippen LogP contribution in [0.2, 0.25) is 5.02 Å². The molecule has 0 aliphatic heterocycles. The maximum absolute atomic E-state index is 6.04. The lowest BCUT2D eigenvalue weighted by molar-refractivity contribution is 0.500. The summed E-state index contributed by atoms with van der Waals surface area (Å²) >= 11 is 6.04. The van der Waals surface area contributed by atoms with Gasteiger partial charge in [-0.15, -0.1) is 0 Å². The van der Waals surface area contributed by atoms with Gasteiger partial charge in [0, 0.05) is 5.71 Å². The molecule has 0 radical (unpaired) electrons. The molecule has 0 amide bonds. The molecule has 0 aromatic heterocycles. The van der Waals surface area contributed by atoms with Gasteiger partial charge in [-0.3, -0.25) is 5.43 Å². The largest absolute Gasteiger partial charge is 0.277 e. The number of anilines is 1. The molecule has 2 nitrogen and oxygen atoms in total. The van der Waals surface area contributed by atoms with Crippen molar-refractivity contribution in [3.8, 4) is 0 Å². The van der Waals surface area contributed by atoms with Crippen LogP contribution < -0.4 is 5.43 Å². The smallest absolute Gasteiger partial charge is 0.0748 e. The molecule has 2 rings (SSSR count). The zero-order valence-corrected chi connectivity index (χ0v) is 10.3. The number of nitrogens with zero attached hydrogens (tertiary/aromatic N) is 1. The second-order valence-electron chi connectivity index (χ2n) is 4.47. The van der Waals surface area contributed by atoms with Gasteiger partial charge in [-0.1, -0.05) is 30.7 Å². The fourth-order valence-electron chi connectivity index (χ4n) is 2.05. The molecule has 0 unspecified atom stereocenters. The Balaban J connectivity index is 2.00. The summed E-state index contributed by atoms with van der Waals surface area (Å²) in [6, 6.07) is 7.69. The summed E-state index contributed by atoms with van der Waals surface area (Å²) in [6.45, 7) is 2.28. The number of hydrazone groups is 1. The molecule has 86 valence electrons. The normalized spacial score (nSPS) is 23.4. The maximum Gasteiger partial charge on any atom is 0.0748 e. The van der Waals surface area contributed by atoms with Crippen LogP contribution in [0.5, 0.6) is 0 Å². The molecule has 0 saturated heterocycles. The first-order valence-electron chi connectivity index (χ1n) is 5.81. The van der Waals surface area contributed by atoms with E-state index in [9.17, 15) is 0 Å². The number of benzene rings is 1. The SMILES string of the molecule is C[C@H]1CCC/C(=N/Nc2ccccc2Cl)C1. The minimum atomic E-state index is 0.718. The second kappa shape index (κ2) is 5.35. The van der Waals surface area contributed by atoms with Crippen LogP contribution >= 0.6 is 11.6 Å². The molecule has 0 bridgehead atoms. The lowest BCUT2D eigenvalue weighted by atomic mass is 9.89. The van der Waals surface area contributed by atoms with Crippen LogP contribution in [0.15, 0.2) is 29.4 Å². The minimum Gasteiger partial charge on any atom is -0.277 e. The van der Waals surface area contributed by atoms with Gasteiger partial charge in [0.05, 0.1) is 10.7 Å². The maximum atomic E-state index is 6.04. The Morgan fingerprint density at radius 1 is 1.38 bits per heavy atom. The predicted octanol–water partition coefficient (Wildman–Crippen LogP) is 4.32. The van der Waals surface area contributed by atoms with E-state index >= 15 is 0 Å². The summed E-state index contributed by atoms with van der Waals surface area (Å²) in [5, 5.41) is 5.17. The van der Waals surface area contributed by atoms with Crippen LogP contribution in [0.3, 0.4) is 0 Å². The Hall–Kier alpha value is -1.02. The third-order valence-corrected chi connectivity index (χ3v) is 3.28. The van der Waals surface area contributed by atoms with Gasteiger partial charge < -0.3 is 0 Å². The highest BCUT2D eigenvalue weighted by molar-refractivity contribution is 6.33. The highest BCUT2D eigenvalue weighted by Crippen LogP contribution is 2.23. The minimum absolute atomic E-state index is 0.718. The molecule has 0 spiro atoms. The Morgan fingerprint density at radius 3 is 2.94 bits per heavy atom. The van der Waals surface area contributed by atoms with E-state index in [0.29, 0.717) is 0 Å². The van der Waals surface area contributed by atoms with Crippen molar-refractivity contribution in [3.05, 3.63) is 29.3 Å². The molecular formula is C13H17ClN2. The zero-order chi connectivity index (χ0) is 11.4. The van der Waals surface area contributed by atoms with Crippen molar-refractivity contribution in [1.82, 2.24) is 0 Å². The molecule has 1 atom stereocenters. The summed E-state index contributed by atoms with van der Waals surface area (Å²) in [5.74, 6) is 0.764. The molecule has 1 aromatic carbocycles. The first kappa shape index (κ1) is 11.5. The Labute approximate surface area is 102 Å². The van der Waals surface area contributed by atoms with Gasteiger partial charge in [-0.2, -0.15) is 5.10 Å². The van der Waals surface area contributed by atoms with E-state index in [0.717, 1.165) is 29.5 Å². The molecule has 0 heterocycles. The van der Waals surface area contributed by atoms with Crippen molar-refractivity contribution in [3.63, 3.8) is 0 Å². The molecule has 1 N–H and O–H groups in total. The summed E-state index contributed by atoms with van der Waals surface area (Å²) in [5.41, 5.74) is 5.21. The first-order valence-corrected chi connectivity index (χ1v) is 6.19. The van der Waals surface area contributed by atoms with E-state index in [1.807, 2.05) is 24.3 Å². The molecular weight excluding hydrogens is 220 g/mol. The van der Waals surface area contributed by atoms with Crippen LogP contribution in [0.1, 0.15) is 32.6 Å². The van der Waals surface area contributed by atoms with Crippen molar-refractivity contribution >= 4 is 23.0 Å². The molecule has 1 aliphatic rings. The lowest BCUT2D eigenvalue weighted by Gasteiger charge is -2.19. The Bertz CT molecular complexity index is 387. The van der Waals surface area contributed by atoms with Crippen LogP contribution in [0.4, 0.5) is 5.69 Å².